The average Bonchev–Trinajstić information content (AvgIpc) is 3.59. The van der Waals surface area contributed by atoms with Crippen LogP contribution >= 0.6 is 0 Å². The van der Waals surface area contributed by atoms with E-state index in [2.05, 4.69) is 20.3 Å². The van der Waals surface area contributed by atoms with E-state index < -0.39 is 5.97 Å². The lowest BCUT2D eigenvalue weighted by Crippen LogP contribution is -2.39. The number of esters is 1. The molecule has 0 saturated heterocycles. The van der Waals surface area contributed by atoms with E-state index in [0.29, 0.717) is 43.5 Å². The van der Waals surface area contributed by atoms with Gasteiger partial charge in [0.1, 0.15) is 18.0 Å². The van der Waals surface area contributed by atoms with Gasteiger partial charge >= 0.3 is 5.97 Å². The summed E-state index contributed by atoms with van der Waals surface area (Å²) in [7, 11) is 1.71. The third kappa shape index (κ3) is 5.03. The topological polar surface area (TPSA) is 121 Å². The Morgan fingerprint density at radius 1 is 1.19 bits per heavy atom. The van der Waals surface area contributed by atoms with Crippen molar-refractivity contribution in [1.82, 2.24) is 24.2 Å². The highest BCUT2D eigenvalue weighted by atomic mass is 16.5. The minimum Gasteiger partial charge on any atom is -0.461 e. The Labute approximate surface area is 248 Å². The summed E-state index contributed by atoms with van der Waals surface area (Å²) in [5.74, 6) is 0.0707. The summed E-state index contributed by atoms with van der Waals surface area (Å²) in [4.78, 5) is 38.5. The number of aryl methyl sites for hydroxylation is 2. The lowest BCUT2D eigenvalue weighted by molar-refractivity contribution is -0.142. The summed E-state index contributed by atoms with van der Waals surface area (Å²) in [5, 5.41) is 11.0. The van der Waals surface area contributed by atoms with Gasteiger partial charge in [0.2, 0.25) is 0 Å². The van der Waals surface area contributed by atoms with Gasteiger partial charge in [-0.15, -0.1) is 0 Å². The first-order chi connectivity index (χ1) is 20.9. The highest BCUT2D eigenvalue weighted by molar-refractivity contribution is 5.94. The van der Waals surface area contributed by atoms with E-state index in [4.69, 9.17) is 9.47 Å². The van der Waals surface area contributed by atoms with Crippen LogP contribution in [-0.2, 0) is 60.5 Å². The molecule has 0 spiro atoms. The Hall–Kier alpha value is -4.64. The first kappa shape index (κ1) is 27.2. The van der Waals surface area contributed by atoms with Crippen molar-refractivity contribution in [2.24, 2.45) is 7.05 Å². The van der Waals surface area contributed by atoms with Crippen LogP contribution in [-0.4, -0.2) is 37.4 Å². The maximum absolute atomic E-state index is 13.3. The normalized spacial score (nSPS) is 17.4. The van der Waals surface area contributed by atoms with Crippen molar-refractivity contribution in [3.8, 4) is 11.1 Å². The number of pyridine rings is 1. The van der Waals surface area contributed by atoms with E-state index in [1.54, 1.807) is 19.3 Å². The molecule has 1 atom stereocenters. The number of amides is 1. The molecule has 7 rings (SSSR count). The monoisotopic (exact) mass is 582 g/mol. The zero-order chi connectivity index (χ0) is 29.7. The molecule has 3 aliphatic rings. The molecule has 4 aromatic rings. The third-order valence-corrected chi connectivity index (χ3v) is 8.64. The summed E-state index contributed by atoms with van der Waals surface area (Å²) in [6.45, 7) is 3.75. The van der Waals surface area contributed by atoms with E-state index in [-0.39, 0.29) is 24.1 Å². The number of fused-ring (bicyclic) bond motifs is 4. The number of nitrogens with zero attached hydrogens (tertiary/aromatic N) is 4. The van der Waals surface area contributed by atoms with E-state index in [1.165, 1.54) is 22.7 Å². The quantitative estimate of drug-likeness (QED) is 0.332. The Balaban J connectivity index is 1.28. The molecule has 0 fully saturated rings. The Bertz CT molecular complexity index is 1790. The predicted octanol–water partition coefficient (Wildman–Crippen LogP) is 3.75. The van der Waals surface area contributed by atoms with Crippen molar-refractivity contribution in [2.75, 3.05) is 11.9 Å². The Morgan fingerprint density at radius 3 is 2.88 bits per heavy atom. The standard InChI is InChI=1S/C32H34N6O5/c1-19(39)43-18-25-23(21-12-26(32(41)36(2)15-21)33-30-14-22-17-42-11-10-38(22)35-30)7-5-8-24(25)27-16-37-28-9-4-3-6-20(28)13-29(37)31(40)34-27/h5,7-8,12-15,27H,3-4,6,9-11,16-18H2,1-2H3,(H,33,35)(H,34,40). The van der Waals surface area contributed by atoms with Crippen LogP contribution in [0, 0.1) is 0 Å². The van der Waals surface area contributed by atoms with Crippen molar-refractivity contribution in [3.05, 3.63) is 86.7 Å². The average molecular weight is 583 g/mol. The van der Waals surface area contributed by atoms with Crippen LogP contribution in [0.5, 0.6) is 0 Å². The largest absolute Gasteiger partial charge is 0.461 e. The summed E-state index contributed by atoms with van der Waals surface area (Å²) in [6.07, 6.45) is 6.00. The second kappa shape index (κ2) is 10.9. The molecule has 1 unspecified atom stereocenters. The fourth-order valence-electron chi connectivity index (χ4n) is 6.58. The fraction of sp³-hybridized carbons (Fsp3) is 0.375. The fourth-order valence-corrected chi connectivity index (χ4v) is 6.58. The molecule has 1 amide bonds. The number of hydrogen-bond donors (Lipinski definition) is 2. The van der Waals surface area contributed by atoms with Gasteiger partial charge in [0.25, 0.3) is 11.5 Å². The summed E-state index contributed by atoms with van der Waals surface area (Å²) >= 11 is 0. The number of anilines is 2. The van der Waals surface area contributed by atoms with Crippen molar-refractivity contribution in [1.29, 1.82) is 0 Å². The smallest absolute Gasteiger partial charge is 0.302 e. The number of rotatable bonds is 6. The molecular formula is C32H34N6O5. The second-order valence-corrected chi connectivity index (χ2v) is 11.5. The van der Waals surface area contributed by atoms with Crippen LogP contribution in [0.1, 0.15) is 64.4 Å². The van der Waals surface area contributed by atoms with Gasteiger partial charge in [-0.3, -0.25) is 19.1 Å². The molecule has 222 valence electrons. The third-order valence-electron chi connectivity index (χ3n) is 8.64. The van der Waals surface area contributed by atoms with Gasteiger partial charge in [0, 0.05) is 49.6 Å². The molecule has 0 saturated carbocycles. The maximum Gasteiger partial charge on any atom is 0.302 e. The van der Waals surface area contributed by atoms with Gasteiger partial charge in [0.15, 0.2) is 5.82 Å². The minimum absolute atomic E-state index is 0.0310. The highest BCUT2D eigenvalue weighted by Crippen LogP contribution is 2.35. The van der Waals surface area contributed by atoms with Crippen LogP contribution in [0.15, 0.2) is 47.4 Å². The van der Waals surface area contributed by atoms with Crippen LogP contribution in [0.25, 0.3) is 11.1 Å². The number of carbonyl (C=O) groups excluding carboxylic acids is 2. The Morgan fingerprint density at radius 2 is 2.05 bits per heavy atom. The number of carbonyl (C=O) groups is 2. The van der Waals surface area contributed by atoms with Gasteiger partial charge < -0.3 is 29.2 Å². The summed E-state index contributed by atoms with van der Waals surface area (Å²) in [6, 6.07) is 11.3. The lowest BCUT2D eigenvalue weighted by Gasteiger charge is -2.30. The van der Waals surface area contributed by atoms with Crippen molar-refractivity contribution < 1.29 is 19.1 Å². The molecule has 0 radical (unpaired) electrons. The van der Waals surface area contributed by atoms with Gasteiger partial charge in [-0.1, -0.05) is 18.2 Å². The second-order valence-electron chi connectivity index (χ2n) is 11.5. The van der Waals surface area contributed by atoms with Crippen LogP contribution in [0.4, 0.5) is 11.5 Å². The van der Waals surface area contributed by atoms with Gasteiger partial charge in [-0.25, -0.2) is 0 Å². The zero-order valence-corrected chi connectivity index (χ0v) is 24.3. The van der Waals surface area contributed by atoms with Crippen LogP contribution in [0.2, 0.25) is 0 Å². The number of nitrogens with one attached hydrogen (secondary N) is 2. The van der Waals surface area contributed by atoms with Gasteiger partial charge in [-0.2, -0.15) is 5.10 Å². The number of hydrogen-bond acceptors (Lipinski definition) is 7. The lowest BCUT2D eigenvalue weighted by atomic mass is 9.91. The molecule has 2 aliphatic heterocycles. The molecule has 11 heteroatoms. The molecule has 3 aromatic heterocycles. The number of ether oxygens (including phenoxy) is 2. The van der Waals surface area contributed by atoms with Crippen molar-refractivity contribution >= 4 is 23.4 Å². The minimum atomic E-state index is -0.397. The van der Waals surface area contributed by atoms with E-state index in [1.807, 2.05) is 35.0 Å². The van der Waals surface area contributed by atoms with Gasteiger partial charge in [-0.05, 0) is 54.5 Å². The van der Waals surface area contributed by atoms with E-state index >= 15 is 0 Å². The van der Waals surface area contributed by atoms with E-state index in [0.717, 1.165) is 53.6 Å². The summed E-state index contributed by atoms with van der Waals surface area (Å²) in [5.41, 5.74) is 7.58. The predicted molar refractivity (Wildman–Crippen MR) is 159 cm³/mol. The Kier molecular flexibility index (Phi) is 6.89. The first-order valence-corrected chi connectivity index (χ1v) is 14.8. The zero-order valence-electron chi connectivity index (χ0n) is 24.3. The molecule has 5 heterocycles. The van der Waals surface area contributed by atoms with Crippen LogP contribution < -0.4 is 16.2 Å². The SMILES string of the molecule is CC(=O)OCc1c(-c2cc(Nc3cc4n(n3)CCOC4)c(=O)n(C)c2)cccc1C1Cn2c(cc3c2CCCC3)C(=O)N1. The summed E-state index contributed by atoms with van der Waals surface area (Å²) < 4.78 is 16.7. The number of benzene rings is 1. The first-order valence-electron chi connectivity index (χ1n) is 14.8. The molecule has 1 aliphatic carbocycles. The molecule has 43 heavy (non-hydrogen) atoms. The molecular weight excluding hydrogens is 548 g/mol. The van der Waals surface area contributed by atoms with Crippen molar-refractivity contribution in [2.45, 2.75) is 65.0 Å². The highest BCUT2D eigenvalue weighted by Gasteiger charge is 2.31. The molecule has 0 bridgehead atoms. The van der Waals surface area contributed by atoms with Crippen LogP contribution in [0.3, 0.4) is 0 Å². The molecule has 1 aromatic carbocycles. The maximum atomic E-state index is 13.3. The molecule has 2 N–H and O–H groups in total. The molecule has 11 nitrogen and oxygen atoms in total. The van der Waals surface area contributed by atoms with Crippen molar-refractivity contribution in [3.63, 3.8) is 0 Å². The number of aromatic nitrogens is 4. The van der Waals surface area contributed by atoms with Gasteiger partial charge in [0.05, 0.1) is 31.5 Å². The van der Waals surface area contributed by atoms with E-state index in [9.17, 15) is 14.4 Å².